The molecule has 0 unspecified atom stereocenters. The van der Waals surface area contributed by atoms with Crippen LogP contribution < -0.4 is 9.64 Å². The first-order valence-corrected chi connectivity index (χ1v) is 15.0. The molecule has 2 fully saturated rings. The van der Waals surface area contributed by atoms with Crippen LogP contribution in [-0.4, -0.2) is 59.7 Å². The van der Waals surface area contributed by atoms with Crippen LogP contribution in [0.5, 0.6) is 11.6 Å². The summed E-state index contributed by atoms with van der Waals surface area (Å²) in [4.78, 5) is 46.5. The normalized spacial score (nSPS) is 19.5. The summed E-state index contributed by atoms with van der Waals surface area (Å²) < 4.78 is 72.2. The van der Waals surface area contributed by atoms with E-state index in [2.05, 4.69) is 11.9 Å². The molecule has 0 radical (unpaired) electrons. The van der Waals surface area contributed by atoms with Crippen molar-refractivity contribution in [3.05, 3.63) is 47.4 Å². The van der Waals surface area contributed by atoms with Crippen molar-refractivity contribution in [3.8, 4) is 11.6 Å². The molecule has 0 spiro atoms. The van der Waals surface area contributed by atoms with E-state index in [0.717, 1.165) is 50.4 Å². The van der Waals surface area contributed by atoms with Gasteiger partial charge < -0.3 is 24.0 Å². The quantitative estimate of drug-likeness (QED) is 0.241. The molecule has 1 aromatic carbocycles. The number of amides is 2. The lowest BCUT2D eigenvalue weighted by Gasteiger charge is -2.41. The predicted octanol–water partition coefficient (Wildman–Crippen LogP) is 7.38. The van der Waals surface area contributed by atoms with Gasteiger partial charge in [-0.15, -0.1) is 0 Å². The van der Waals surface area contributed by atoms with E-state index in [1.165, 1.54) is 9.80 Å². The molecule has 246 valence electrons. The van der Waals surface area contributed by atoms with Gasteiger partial charge in [-0.05, 0) is 77.3 Å². The first-order valence-electron chi connectivity index (χ1n) is 15.0. The van der Waals surface area contributed by atoms with E-state index in [0.29, 0.717) is 31.6 Å². The zero-order chi connectivity index (χ0) is 33.1. The molecular formula is C32H39F4N3O6. The molecule has 9 nitrogen and oxygen atoms in total. The minimum absolute atomic E-state index is 0.0805. The molecule has 1 saturated heterocycles. The molecule has 0 atom stereocenters. The zero-order valence-electron chi connectivity index (χ0n) is 26.1. The fourth-order valence-electron chi connectivity index (χ4n) is 5.72. The number of hydrogen-bond acceptors (Lipinski definition) is 7. The number of carbonyl (C=O) groups excluding carboxylic acids is 3. The molecule has 1 saturated carbocycles. The highest BCUT2D eigenvalue weighted by atomic mass is 19.4. The standard InChI is InChI=1S/C32H39F4N3O6/c1-19-8-10-20(11-9-19)28(40)39(21-12-15-38(16-13-21)30(42)45-31(2,3)4)25-18-24(33)26(17-22(25)29(41)43-5)44-27-23(32(34,35)36)7-6-14-37-27/h6-7,14,17-21H,8-13,15-16H2,1-5H3/t19-,20-. The van der Waals surface area contributed by atoms with Crippen LogP contribution in [0, 0.1) is 17.7 Å². The van der Waals surface area contributed by atoms with Crippen molar-refractivity contribution in [2.75, 3.05) is 25.1 Å². The Morgan fingerprint density at radius 1 is 1.00 bits per heavy atom. The Bertz CT molecular complexity index is 1390. The summed E-state index contributed by atoms with van der Waals surface area (Å²) in [6.45, 7) is 7.90. The largest absolute Gasteiger partial charge is 0.465 e. The summed E-state index contributed by atoms with van der Waals surface area (Å²) in [5, 5.41) is 0. The number of nitrogens with zero attached hydrogens (tertiary/aromatic N) is 3. The third-order valence-corrected chi connectivity index (χ3v) is 8.08. The van der Waals surface area contributed by atoms with Crippen molar-refractivity contribution >= 4 is 23.7 Å². The lowest BCUT2D eigenvalue weighted by molar-refractivity contribution is -0.139. The highest BCUT2D eigenvalue weighted by molar-refractivity contribution is 6.04. The fraction of sp³-hybridized carbons (Fsp3) is 0.562. The third kappa shape index (κ3) is 8.23. The molecule has 1 aliphatic heterocycles. The molecule has 2 aliphatic rings. The van der Waals surface area contributed by atoms with Gasteiger partial charge in [0, 0.05) is 43.4 Å². The van der Waals surface area contributed by atoms with Gasteiger partial charge in [0.1, 0.15) is 11.2 Å². The number of aromatic nitrogens is 1. The number of anilines is 1. The van der Waals surface area contributed by atoms with Gasteiger partial charge in [-0.1, -0.05) is 6.92 Å². The molecule has 2 aromatic rings. The van der Waals surface area contributed by atoms with E-state index in [-0.39, 0.29) is 36.2 Å². The number of pyridine rings is 1. The number of piperidine rings is 1. The van der Waals surface area contributed by atoms with Crippen molar-refractivity contribution in [3.63, 3.8) is 0 Å². The Morgan fingerprint density at radius 2 is 1.64 bits per heavy atom. The van der Waals surface area contributed by atoms with E-state index in [4.69, 9.17) is 14.2 Å². The molecule has 1 aromatic heterocycles. The molecule has 45 heavy (non-hydrogen) atoms. The number of methoxy groups -OCH3 is 1. The first kappa shape index (κ1) is 34.0. The maximum Gasteiger partial charge on any atom is 0.421 e. The monoisotopic (exact) mass is 637 g/mol. The van der Waals surface area contributed by atoms with Gasteiger partial charge >= 0.3 is 18.2 Å². The fourth-order valence-corrected chi connectivity index (χ4v) is 5.72. The van der Waals surface area contributed by atoms with Crippen LogP contribution in [0.15, 0.2) is 30.5 Å². The number of carbonyl (C=O) groups is 3. The molecule has 2 heterocycles. The molecule has 0 N–H and O–H groups in total. The first-order chi connectivity index (χ1) is 21.1. The Morgan fingerprint density at radius 3 is 2.22 bits per heavy atom. The summed E-state index contributed by atoms with van der Waals surface area (Å²) >= 11 is 0. The summed E-state index contributed by atoms with van der Waals surface area (Å²) in [5.41, 5.74) is -2.26. The highest BCUT2D eigenvalue weighted by Gasteiger charge is 2.39. The summed E-state index contributed by atoms with van der Waals surface area (Å²) in [5.74, 6) is -3.84. The SMILES string of the molecule is COC(=O)c1cc(Oc2ncccc2C(F)(F)F)c(F)cc1N(C(=O)[C@H]1CC[C@H](C)CC1)C1CCN(C(=O)OC(C)(C)C)CC1. The number of alkyl halides is 3. The van der Waals surface area contributed by atoms with Crippen LogP contribution >= 0.6 is 0 Å². The van der Waals surface area contributed by atoms with E-state index < -0.39 is 52.9 Å². The topological polar surface area (TPSA) is 98.3 Å². The second-order valence-corrected chi connectivity index (χ2v) is 12.6. The number of ether oxygens (including phenoxy) is 3. The van der Waals surface area contributed by atoms with Crippen molar-refractivity contribution in [2.24, 2.45) is 11.8 Å². The van der Waals surface area contributed by atoms with Crippen molar-refractivity contribution < 1.29 is 46.2 Å². The van der Waals surface area contributed by atoms with Crippen molar-refractivity contribution in [2.45, 2.75) is 84.0 Å². The van der Waals surface area contributed by atoms with Gasteiger partial charge in [0.05, 0.1) is 18.4 Å². The molecule has 13 heteroatoms. The Balaban J connectivity index is 1.73. The number of hydrogen-bond donors (Lipinski definition) is 0. The second kappa shape index (κ2) is 13.6. The van der Waals surface area contributed by atoms with Gasteiger partial charge in [-0.25, -0.2) is 19.0 Å². The number of halogens is 4. The van der Waals surface area contributed by atoms with Gasteiger partial charge in [0.25, 0.3) is 0 Å². The Labute approximate surface area is 259 Å². The van der Waals surface area contributed by atoms with Gasteiger partial charge in [0.2, 0.25) is 11.8 Å². The smallest absolute Gasteiger partial charge is 0.421 e. The van der Waals surface area contributed by atoms with Crippen LogP contribution in [-0.2, 0) is 20.4 Å². The average Bonchev–Trinajstić information content (AvgIpc) is 2.97. The van der Waals surface area contributed by atoms with Crippen LogP contribution in [0.3, 0.4) is 0 Å². The van der Waals surface area contributed by atoms with Crippen LogP contribution in [0.1, 0.15) is 82.1 Å². The minimum atomic E-state index is -4.83. The molecular weight excluding hydrogens is 598 g/mol. The van der Waals surface area contributed by atoms with Crippen LogP contribution in [0.2, 0.25) is 0 Å². The lowest BCUT2D eigenvalue weighted by Crippen LogP contribution is -2.52. The second-order valence-electron chi connectivity index (χ2n) is 12.6. The van der Waals surface area contributed by atoms with Gasteiger partial charge in [-0.2, -0.15) is 13.2 Å². The van der Waals surface area contributed by atoms with E-state index in [1.54, 1.807) is 20.8 Å². The average molecular weight is 638 g/mol. The molecule has 0 bridgehead atoms. The molecule has 2 amide bonds. The van der Waals surface area contributed by atoms with Crippen molar-refractivity contribution in [1.29, 1.82) is 0 Å². The van der Waals surface area contributed by atoms with Crippen LogP contribution in [0.25, 0.3) is 0 Å². The molecule has 1 aliphatic carbocycles. The number of benzene rings is 1. The van der Waals surface area contributed by atoms with Gasteiger partial charge in [-0.3, -0.25) is 4.79 Å². The van der Waals surface area contributed by atoms with Crippen LogP contribution in [0.4, 0.5) is 28.0 Å². The summed E-state index contributed by atoms with van der Waals surface area (Å²) in [7, 11) is 1.10. The van der Waals surface area contributed by atoms with Gasteiger partial charge in [0.15, 0.2) is 11.6 Å². The van der Waals surface area contributed by atoms with Crippen molar-refractivity contribution in [1.82, 2.24) is 9.88 Å². The highest BCUT2D eigenvalue weighted by Crippen LogP contribution is 2.40. The maximum absolute atomic E-state index is 15.7. The Hall–Kier alpha value is -3.90. The van der Waals surface area contributed by atoms with E-state index in [9.17, 15) is 27.6 Å². The number of esters is 1. The lowest BCUT2D eigenvalue weighted by atomic mass is 9.81. The number of rotatable bonds is 6. The predicted molar refractivity (Wildman–Crippen MR) is 156 cm³/mol. The van der Waals surface area contributed by atoms with E-state index >= 15 is 4.39 Å². The maximum atomic E-state index is 15.7. The zero-order valence-corrected chi connectivity index (χ0v) is 26.1. The molecule has 4 rings (SSSR count). The third-order valence-electron chi connectivity index (χ3n) is 8.08. The number of likely N-dealkylation sites (tertiary alicyclic amines) is 1. The minimum Gasteiger partial charge on any atom is -0.465 e. The summed E-state index contributed by atoms with van der Waals surface area (Å²) in [6.07, 6.45) is -0.733. The van der Waals surface area contributed by atoms with E-state index in [1.807, 2.05) is 0 Å². The Kier molecular flexibility index (Phi) is 10.3. The summed E-state index contributed by atoms with van der Waals surface area (Å²) in [6, 6.07) is 3.15.